The van der Waals surface area contributed by atoms with E-state index in [0.717, 1.165) is 10.3 Å². The molecule has 112 valence electrons. The lowest BCUT2D eigenvalue weighted by Gasteiger charge is -2.21. The van der Waals surface area contributed by atoms with Gasteiger partial charge >= 0.3 is 5.97 Å². The molecular formula is C15H18BrN3O2. The van der Waals surface area contributed by atoms with Gasteiger partial charge < -0.3 is 9.67 Å². The number of hydrogen-bond acceptors (Lipinski definition) is 2. The van der Waals surface area contributed by atoms with Crippen LogP contribution < -0.4 is 0 Å². The van der Waals surface area contributed by atoms with Crippen LogP contribution in [0, 0.1) is 0 Å². The first-order chi connectivity index (χ1) is 10.1. The van der Waals surface area contributed by atoms with Gasteiger partial charge in [-0.25, -0.2) is 4.79 Å². The maximum atomic E-state index is 11.0. The van der Waals surface area contributed by atoms with Crippen LogP contribution in [0.1, 0.15) is 54.2 Å². The molecule has 1 saturated carbocycles. The van der Waals surface area contributed by atoms with Gasteiger partial charge in [-0.15, -0.1) is 0 Å². The second-order valence-electron chi connectivity index (χ2n) is 5.56. The minimum Gasteiger partial charge on any atom is -0.478 e. The summed E-state index contributed by atoms with van der Waals surface area (Å²) < 4.78 is 4.69. The molecule has 0 amide bonds. The van der Waals surface area contributed by atoms with Gasteiger partial charge in [0.1, 0.15) is 0 Å². The third-order valence-electron chi connectivity index (χ3n) is 4.04. The quantitative estimate of drug-likeness (QED) is 0.913. The first-order valence-corrected chi connectivity index (χ1v) is 8.06. The highest BCUT2D eigenvalue weighted by atomic mass is 79.9. The summed E-state index contributed by atoms with van der Waals surface area (Å²) in [6.45, 7) is 0.577. The summed E-state index contributed by atoms with van der Waals surface area (Å²) in [4.78, 5) is 11.0. The second kappa shape index (κ2) is 6.05. The highest BCUT2D eigenvalue weighted by molar-refractivity contribution is 9.10. The molecule has 0 bridgehead atoms. The van der Waals surface area contributed by atoms with Crippen molar-refractivity contribution in [2.45, 2.75) is 44.7 Å². The molecular weight excluding hydrogens is 334 g/mol. The Morgan fingerprint density at radius 3 is 2.81 bits per heavy atom. The van der Waals surface area contributed by atoms with E-state index >= 15 is 0 Å². The molecule has 1 N–H and O–H groups in total. The zero-order chi connectivity index (χ0) is 14.8. The van der Waals surface area contributed by atoms with Crippen LogP contribution in [0.3, 0.4) is 0 Å². The van der Waals surface area contributed by atoms with E-state index in [1.54, 1.807) is 12.3 Å². The van der Waals surface area contributed by atoms with Crippen molar-refractivity contribution in [3.05, 3.63) is 40.4 Å². The zero-order valence-corrected chi connectivity index (χ0v) is 13.3. The normalized spacial score (nSPS) is 16.2. The van der Waals surface area contributed by atoms with E-state index < -0.39 is 5.97 Å². The van der Waals surface area contributed by atoms with Crippen molar-refractivity contribution in [2.75, 3.05) is 0 Å². The van der Waals surface area contributed by atoms with Crippen molar-refractivity contribution < 1.29 is 9.90 Å². The fourth-order valence-electron chi connectivity index (χ4n) is 2.90. The molecule has 1 fully saturated rings. The van der Waals surface area contributed by atoms with E-state index in [0.29, 0.717) is 12.6 Å². The number of carboxylic acids is 1. The second-order valence-corrected chi connectivity index (χ2v) is 6.38. The maximum Gasteiger partial charge on any atom is 0.337 e. The number of nitrogens with zero attached hydrogens (tertiary/aromatic N) is 3. The molecule has 1 aliphatic carbocycles. The first-order valence-electron chi connectivity index (χ1n) is 7.26. The van der Waals surface area contributed by atoms with Crippen LogP contribution in [-0.2, 0) is 6.54 Å². The summed E-state index contributed by atoms with van der Waals surface area (Å²) in [7, 11) is 0. The molecule has 6 heteroatoms. The van der Waals surface area contributed by atoms with Gasteiger partial charge in [0.25, 0.3) is 0 Å². The predicted molar refractivity (Wildman–Crippen MR) is 82.5 cm³/mol. The molecule has 0 aromatic carbocycles. The van der Waals surface area contributed by atoms with Crippen molar-refractivity contribution >= 4 is 21.9 Å². The fraction of sp³-hybridized carbons (Fsp3) is 0.467. The molecule has 0 aliphatic heterocycles. The van der Waals surface area contributed by atoms with Crippen LogP contribution in [-0.4, -0.2) is 25.4 Å². The molecule has 1 aliphatic rings. The third kappa shape index (κ3) is 3.20. The van der Waals surface area contributed by atoms with Gasteiger partial charge in [-0.05, 0) is 40.9 Å². The molecule has 0 radical (unpaired) electrons. The van der Waals surface area contributed by atoms with Gasteiger partial charge in [-0.1, -0.05) is 19.3 Å². The van der Waals surface area contributed by atoms with Crippen molar-refractivity contribution in [2.24, 2.45) is 0 Å². The SMILES string of the molecule is O=C(O)c1cc(Br)n(Cc2ccn(C3CCCCC3)n2)c1. The third-order valence-corrected chi connectivity index (χ3v) is 4.72. The molecule has 2 heterocycles. The molecule has 0 unspecified atom stereocenters. The van der Waals surface area contributed by atoms with Crippen molar-refractivity contribution in [1.82, 2.24) is 14.3 Å². The summed E-state index contributed by atoms with van der Waals surface area (Å²) >= 11 is 3.39. The topological polar surface area (TPSA) is 60.0 Å². The molecule has 0 spiro atoms. The summed E-state index contributed by atoms with van der Waals surface area (Å²) in [5.41, 5.74) is 1.24. The Labute approximate surface area is 131 Å². The van der Waals surface area contributed by atoms with E-state index in [9.17, 15) is 4.79 Å². The van der Waals surface area contributed by atoms with Gasteiger partial charge in [0.15, 0.2) is 0 Å². The Bertz CT molecular complexity index is 641. The van der Waals surface area contributed by atoms with Crippen LogP contribution in [0.15, 0.2) is 29.1 Å². The first kappa shape index (κ1) is 14.4. The van der Waals surface area contributed by atoms with Crippen molar-refractivity contribution in [3.63, 3.8) is 0 Å². The molecule has 5 nitrogen and oxygen atoms in total. The van der Waals surface area contributed by atoms with E-state index in [4.69, 9.17) is 5.11 Å². The number of aromatic nitrogens is 3. The van der Waals surface area contributed by atoms with E-state index in [1.165, 1.54) is 32.1 Å². The Hall–Kier alpha value is -1.56. The number of carboxylic acid groups (broad SMARTS) is 1. The van der Waals surface area contributed by atoms with Gasteiger partial charge in [-0.2, -0.15) is 5.10 Å². The largest absolute Gasteiger partial charge is 0.478 e. The number of halogens is 1. The lowest BCUT2D eigenvalue weighted by atomic mass is 9.96. The average molecular weight is 352 g/mol. The van der Waals surface area contributed by atoms with Crippen molar-refractivity contribution in [1.29, 1.82) is 0 Å². The summed E-state index contributed by atoms with van der Waals surface area (Å²) in [5.74, 6) is -0.915. The summed E-state index contributed by atoms with van der Waals surface area (Å²) in [6.07, 6.45) is 9.98. The number of carbonyl (C=O) groups is 1. The maximum absolute atomic E-state index is 11.0. The number of rotatable bonds is 4. The molecule has 2 aromatic heterocycles. The molecule has 21 heavy (non-hydrogen) atoms. The lowest BCUT2D eigenvalue weighted by Crippen LogP contribution is -2.13. The number of hydrogen-bond donors (Lipinski definition) is 1. The Balaban J connectivity index is 1.73. The van der Waals surface area contributed by atoms with E-state index in [1.807, 2.05) is 16.8 Å². The predicted octanol–water partition coefficient (Wildman–Crippen LogP) is 3.70. The Morgan fingerprint density at radius 2 is 2.14 bits per heavy atom. The minimum atomic E-state index is -0.915. The smallest absolute Gasteiger partial charge is 0.337 e. The summed E-state index contributed by atoms with van der Waals surface area (Å²) in [6, 6.07) is 4.15. The minimum absolute atomic E-state index is 0.286. The zero-order valence-electron chi connectivity index (χ0n) is 11.7. The van der Waals surface area contributed by atoms with Crippen LogP contribution >= 0.6 is 15.9 Å². The van der Waals surface area contributed by atoms with Crippen LogP contribution in [0.25, 0.3) is 0 Å². The van der Waals surface area contributed by atoms with Crippen LogP contribution in [0.2, 0.25) is 0 Å². The standard InChI is InChI=1S/C15H18BrN3O2/c16-14-8-11(15(20)21)9-18(14)10-12-6-7-19(17-12)13-4-2-1-3-5-13/h6-9,13H,1-5,10H2,(H,20,21). The molecule has 0 saturated heterocycles. The average Bonchev–Trinajstić information content (AvgIpc) is 3.08. The highest BCUT2D eigenvalue weighted by Crippen LogP contribution is 2.27. The van der Waals surface area contributed by atoms with Gasteiger partial charge in [0.2, 0.25) is 0 Å². The molecule has 2 aromatic rings. The van der Waals surface area contributed by atoms with Gasteiger partial charge in [0.05, 0.1) is 28.4 Å². The highest BCUT2D eigenvalue weighted by Gasteiger charge is 2.16. The Kier molecular flexibility index (Phi) is 4.14. The van der Waals surface area contributed by atoms with E-state index in [-0.39, 0.29) is 5.56 Å². The monoisotopic (exact) mass is 351 g/mol. The van der Waals surface area contributed by atoms with Crippen LogP contribution in [0.4, 0.5) is 0 Å². The van der Waals surface area contributed by atoms with E-state index in [2.05, 4.69) is 25.7 Å². The lowest BCUT2D eigenvalue weighted by molar-refractivity contribution is 0.0697. The Morgan fingerprint density at radius 1 is 1.38 bits per heavy atom. The molecule has 0 atom stereocenters. The molecule has 3 rings (SSSR count). The van der Waals surface area contributed by atoms with Gasteiger partial charge in [0, 0.05) is 12.4 Å². The van der Waals surface area contributed by atoms with Crippen LogP contribution in [0.5, 0.6) is 0 Å². The van der Waals surface area contributed by atoms with Gasteiger partial charge in [-0.3, -0.25) is 4.68 Å². The van der Waals surface area contributed by atoms with Crippen molar-refractivity contribution in [3.8, 4) is 0 Å². The summed E-state index contributed by atoms with van der Waals surface area (Å²) in [5, 5.41) is 13.7. The number of aromatic carboxylic acids is 1. The fourth-order valence-corrected chi connectivity index (χ4v) is 3.38.